The van der Waals surface area contributed by atoms with Crippen LogP contribution >= 0.6 is 0 Å². The van der Waals surface area contributed by atoms with Crippen LogP contribution in [0.25, 0.3) is 10.9 Å². The van der Waals surface area contributed by atoms with Crippen molar-refractivity contribution in [2.75, 3.05) is 6.61 Å². The number of aliphatic hydroxyl groups excluding tert-OH is 2. The van der Waals surface area contributed by atoms with E-state index in [0.717, 1.165) is 6.07 Å². The van der Waals surface area contributed by atoms with E-state index in [9.17, 15) is 23.8 Å². The maximum Gasteiger partial charge on any atom is 0.586 e. The summed E-state index contributed by atoms with van der Waals surface area (Å²) in [5, 5.41) is 20.0. The van der Waals surface area contributed by atoms with E-state index in [1.807, 2.05) is 0 Å². The summed E-state index contributed by atoms with van der Waals surface area (Å²) in [6.45, 7) is -0.0655. The molecular formula is C28H30F3NO5. The number of nitrogens with zero attached hydrogens (tertiary/aromatic N) is 1. The molecule has 9 heteroatoms. The first-order valence-corrected chi connectivity index (χ1v) is 11.9. The van der Waals surface area contributed by atoms with Gasteiger partial charge in [-0.15, -0.1) is 8.78 Å². The van der Waals surface area contributed by atoms with Gasteiger partial charge in [0.25, 0.3) is 0 Å². The molecule has 3 aromatic rings. The first-order chi connectivity index (χ1) is 19.9. The van der Waals surface area contributed by atoms with Gasteiger partial charge in [0.05, 0.1) is 34.3 Å². The molecule has 0 radical (unpaired) electrons. The van der Waals surface area contributed by atoms with Crippen molar-refractivity contribution in [2.45, 2.75) is 76.2 Å². The number of hydrogen-bond acceptors (Lipinski definition) is 5. The molecule has 2 atom stereocenters. The number of aliphatic hydroxyl groups is 2. The predicted octanol–water partition coefficient (Wildman–Crippen LogP) is 4.99. The second-order valence-corrected chi connectivity index (χ2v) is 9.92. The molecule has 1 unspecified atom stereocenters. The number of benzene rings is 2. The second-order valence-electron chi connectivity index (χ2n) is 9.92. The van der Waals surface area contributed by atoms with E-state index in [4.69, 9.17) is 8.22 Å². The molecule has 1 aliphatic heterocycles. The molecule has 0 saturated heterocycles. The summed E-state index contributed by atoms with van der Waals surface area (Å²) < 4.78 is 103. The standard InChI is InChI=1S/C28H30F3NO5/c1-4-26(2,3)24-10-17-9-16(20(29)13-21(17)32(24)14-19(34)15-33)11-25(35)27(7-8-27)18-5-6-22-23(12-18)37-28(30,31)36-22/h5-6,9-10,12-13,19,33-34H,4,7-8,11,14-15H2,1-3H3/t19-/m1/s1/i2D3,5D,6D,12D/t19-,26?. The zero-order chi connectivity index (χ0) is 31.9. The Labute approximate surface area is 221 Å². The van der Waals surface area contributed by atoms with Crippen LogP contribution in [0.2, 0.25) is 0 Å². The van der Waals surface area contributed by atoms with E-state index in [0.29, 0.717) is 5.39 Å². The normalized spacial score (nSPS) is 22.2. The molecule has 0 spiro atoms. The summed E-state index contributed by atoms with van der Waals surface area (Å²) in [5.74, 6) is -2.89. The number of hydrogen-bond donors (Lipinski definition) is 2. The fourth-order valence-corrected chi connectivity index (χ4v) is 4.72. The van der Waals surface area contributed by atoms with E-state index in [2.05, 4.69) is 9.47 Å². The lowest BCUT2D eigenvalue weighted by Crippen LogP contribution is -2.26. The lowest BCUT2D eigenvalue weighted by molar-refractivity contribution is -0.286. The Balaban J connectivity index is 1.56. The third-order valence-corrected chi connectivity index (χ3v) is 7.25. The van der Waals surface area contributed by atoms with Gasteiger partial charge < -0.3 is 24.3 Å². The lowest BCUT2D eigenvalue weighted by atomic mass is 9.86. The number of ether oxygens (including phenoxy) is 2. The van der Waals surface area contributed by atoms with Crippen LogP contribution in [-0.2, 0) is 28.6 Å². The molecule has 0 amide bonds. The van der Waals surface area contributed by atoms with Crippen LogP contribution in [0.1, 0.15) is 65.0 Å². The average Bonchev–Trinajstić information content (AvgIpc) is 3.56. The van der Waals surface area contributed by atoms with E-state index in [1.165, 1.54) is 17.6 Å². The molecule has 2 aromatic carbocycles. The molecular weight excluding hydrogens is 487 g/mol. The molecule has 198 valence electrons. The molecule has 1 aliphatic carbocycles. The topological polar surface area (TPSA) is 80.9 Å². The minimum atomic E-state index is -4.13. The number of fused-ring (bicyclic) bond motifs is 2. The zero-order valence-electron chi connectivity index (χ0n) is 26.3. The fourth-order valence-electron chi connectivity index (χ4n) is 4.72. The van der Waals surface area contributed by atoms with Gasteiger partial charge in [0.15, 0.2) is 11.5 Å². The number of carbonyl (C=O) groups excluding carboxylic acids is 1. The van der Waals surface area contributed by atoms with Crippen LogP contribution < -0.4 is 9.47 Å². The Bertz CT molecular complexity index is 1640. The Hall–Kier alpha value is -3.04. The van der Waals surface area contributed by atoms with Gasteiger partial charge in [-0.2, -0.15) is 0 Å². The van der Waals surface area contributed by atoms with Crippen LogP contribution in [0.5, 0.6) is 11.5 Å². The molecule has 2 heterocycles. The van der Waals surface area contributed by atoms with Crippen molar-refractivity contribution < 1.29 is 45.9 Å². The molecule has 1 saturated carbocycles. The van der Waals surface area contributed by atoms with Crippen molar-refractivity contribution in [2.24, 2.45) is 0 Å². The fraction of sp³-hybridized carbons (Fsp3) is 0.464. The number of aromatic nitrogens is 1. The maximum absolute atomic E-state index is 15.6. The minimum Gasteiger partial charge on any atom is -0.395 e. The number of carbonyl (C=O) groups is 1. The summed E-state index contributed by atoms with van der Waals surface area (Å²) in [6, 6.07) is 2.03. The van der Waals surface area contributed by atoms with Crippen LogP contribution in [0.3, 0.4) is 0 Å². The van der Waals surface area contributed by atoms with Crippen LogP contribution in [0, 0.1) is 5.82 Å². The molecule has 6 nitrogen and oxygen atoms in total. The second kappa shape index (κ2) is 8.77. The predicted molar refractivity (Wildman–Crippen MR) is 131 cm³/mol. The summed E-state index contributed by atoms with van der Waals surface area (Å²) in [5.41, 5.74) is -2.65. The van der Waals surface area contributed by atoms with E-state index >= 15 is 4.39 Å². The smallest absolute Gasteiger partial charge is 0.395 e. The van der Waals surface area contributed by atoms with Crippen molar-refractivity contribution in [1.82, 2.24) is 4.57 Å². The molecule has 37 heavy (non-hydrogen) atoms. The molecule has 2 aliphatic rings. The monoisotopic (exact) mass is 523 g/mol. The molecule has 2 N–H and O–H groups in total. The number of rotatable bonds is 9. The Morgan fingerprint density at radius 1 is 1.27 bits per heavy atom. The van der Waals surface area contributed by atoms with Crippen molar-refractivity contribution in [3.63, 3.8) is 0 Å². The number of Topliss-reactive ketones (excluding diaryl/α,β-unsaturated/α-hetero) is 1. The molecule has 0 bridgehead atoms. The molecule has 1 aromatic heterocycles. The highest BCUT2D eigenvalue weighted by Gasteiger charge is 2.52. The summed E-state index contributed by atoms with van der Waals surface area (Å²) in [7, 11) is 0. The average molecular weight is 524 g/mol. The van der Waals surface area contributed by atoms with Crippen molar-refractivity contribution in [3.05, 3.63) is 59.0 Å². The van der Waals surface area contributed by atoms with Crippen LogP contribution in [0.4, 0.5) is 13.2 Å². The first kappa shape index (κ1) is 19.1. The molecule has 5 rings (SSSR count). The van der Waals surface area contributed by atoms with E-state index in [1.54, 1.807) is 13.0 Å². The SMILES string of the molecule is [2H]c1c([2H])c(C2(C(=O)Cc3cc4cc(C(C)(CC)C([2H])([2H])[2H])n(C[C@@H](O)CO)c4cc3F)CC2)c([2H])c2c1OC(F)(F)O2. The summed E-state index contributed by atoms with van der Waals surface area (Å²) >= 11 is 0. The highest BCUT2D eigenvalue weighted by Crippen LogP contribution is 2.52. The van der Waals surface area contributed by atoms with E-state index in [-0.39, 0.29) is 48.1 Å². The van der Waals surface area contributed by atoms with Gasteiger partial charge in [0, 0.05) is 27.0 Å². The molecule has 1 fully saturated rings. The number of halogens is 3. The third kappa shape index (κ3) is 4.48. The lowest BCUT2D eigenvalue weighted by Gasteiger charge is -2.26. The minimum absolute atomic E-state index is 0.0568. The number of ketones is 1. The van der Waals surface area contributed by atoms with Gasteiger partial charge >= 0.3 is 6.29 Å². The Morgan fingerprint density at radius 2 is 2.00 bits per heavy atom. The summed E-state index contributed by atoms with van der Waals surface area (Å²) in [6.07, 6.45) is -5.41. The maximum atomic E-state index is 15.6. The van der Waals surface area contributed by atoms with Gasteiger partial charge in [0.1, 0.15) is 11.6 Å². The van der Waals surface area contributed by atoms with Gasteiger partial charge in [-0.05, 0) is 60.7 Å². The van der Waals surface area contributed by atoms with Crippen molar-refractivity contribution in [1.29, 1.82) is 0 Å². The quantitative estimate of drug-likeness (QED) is 0.413. The number of alkyl halides is 2. The largest absolute Gasteiger partial charge is 0.586 e. The van der Waals surface area contributed by atoms with E-state index < -0.39 is 84.3 Å². The Kier molecular flexibility index (Phi) is 4.52. The van der Waals surface area contributed by atoms with Crippen LogP contribution in [-0.4, -0.2) is 39.6 Å². The van der Waals surface area contributed by atoms with Crippen LogP contribution in [0.15, 0.2) is 36.3 Å². The summed E-state index contributed by atoms with van der Waals surface area (Å²) in [4.78, 5) is 13.7. The van der Waals surface area contributed by atoms with Gasteiger partial charge in [-0.1, -0.05) is 26.7 Å². The Morgan fingerprint density at radius 3 is 2.65 bits per heavy atom. The highest BCUT2D eigenvalue weighted by atomic mass is 19.3. The first-order valence-electron chi connectivity index (χ1n) is 14.9. The highest BCUT2D eigenvalue weighted by molar-refractivity contribution is 5.95. The van der Waals surface area contributed by atoms with Crippen molar-refractivity contribution in [3.8, 4) is 11.5 Å². The van der Waals surface area contributed by atoms with Gasteiger partial charge in [0.2, 0.25) is 0 Å². The van der Waals surface area contributed by atoms with Gasteiger partial charge in [-0.3, -0.25) is 4.79 Å². The van der Waals surface area contributed by atoms with Gasteiger partial charge in [-0.25, -0.2) is 4.39 Å². The zero-order valence-corrected chi connectivity index (χ0v) is 20.3. The third-order valence-electron chi connectivity index (χ3n) is 7.25. The van der Waals surface area contributed by atoms with Crippen molar-refractivity contribution >= 4 is 16.7 Å².